The summed E-state index contributed by atoms with van der Waals surface area (Å²) < 4.78 is 27.6. The first-order chi connectivity index (χ1) is 13.2. The molecule has 2 N–H and O–H groups in total. The minimum atomic E-state index is -1.25. The van der Waals surface area contributed by atoms with E-state index in [2.05, 4.69) is 5.32 Å². The Kier molecular flexibility index (Phi) is 6.81. The number of halogens is 2. The highest BCUT2D eigenvalue weighted by Crippen LogP contribution is 2.23. The quantitative estimate of drug-likeness (QED) is 0.761. The highest BCUT2D eigenvalue weighted by molar-refractivity contribution is 5.97. The van der Waals surface area contributed by atoms with Gasteiger partial charge in [-0.05, 0) is 42.3 Å². The number of benzene rings is 2. The van der Waals surface area contributed by atoms with Crippen LogP contribution in [0.5, 0.6) is 0 Å². The van der Waals surface area contributed by atoms with Gasteiger partial charge in [-0.1, -0.05) is 18.2 Å². The molecule has 0 aliphatic carbocycles. The Morgan fingerprint density at radius 3 is 2.21 bits per heavy atom. The second kappa shape index (κ2) is 9.07. The van der Waals surface area contributed by atoms with Gasteiger partial charge < -0.3 is 15.3 Å². The summed E-state index contributed by atoms with van der Waals surface area (Å²) in [6.45, 7) is 2.54. The molecule has 2 rings (SSSR count). The molecule has 6 nitrogen and oxygen atoms in total. The van der Waals surface area contributed by atoms with Crippen molar-refractivity contribution in [3.05, 3.63) is 59.7 Å². The van der Waals surface area contributed by atoms with Gasteiger partial charge in [-0.3, -0.25) is 9.59 Å². The first-order valence-electron chi connectivity index (χ1n) is 8.54. The van der Waals surface area contributed by atoms with E-state index in [0.717, 1.165) is 11.0 Å². The number of hydrogen-bond donors (Lipinski definition) is 2. The summed E-state index contributed by atoms with van der Waals surface area (Å²) in [5.41, 5.74) is 0.729. The molecule has 2 aromatic carbocycles. The van der Waals surface area contributed by atoms with Crippen molar-refractivity contribution >= 4 is 17.8 Å². The van der Waals surface area contributed by atoms with Crippen molar-refractivity contribution in [3.8, 4) is 11.1 Å². The fourth-order valence-corrected chi connectivity index (χ4v) is 2.62. The number of hydrogen-bond acceptors (Lipinski definition) is 3. The highest BCUT2D eigenvalue weighted by Gasteiger charge is 2.28. The molecule has 0 bridgehead atoms. The largest absolute Gasteiger partial charge is 0.480 e. The van der Waals surface area contributed by atoms with Gasteiger partial charge in [0, 0.05) is 20.0 Å². The number of carbonyl (C=O) groups excluding carboxylic acids is 2. The third-order valence-corrected chi connectivity index (χ3v) is 4.19. The highest BCUT2D eigenvalue weighted by atomic mass is 19.1. The Hall–Kier alpha value is -3.29. The lowest BCUT2D eigenvalue weighted by Gasteiger charge is -2.27. The lowest BCUT2D eigenvalue weighted by atomic mass is 10.0. The molecule has 0 aliphatic rings. The van der Waals surface area contributed by atoms with Gasteiger partial charge in [-0.2, -0.15) is 0 Å². The Morgan fingerprint density at radius 1 is 1.07 bits per heavy atom. The van der Waals surface area contributed by atoms with Gasteiger partial charge in [0.25, 0.3) is 5.91 Å². The molecule has 2 aromatic rings. The lowest BCUT2D eigenvalue weighted by Crippen LogP contribution is -2.47. The van der Waals surface area contributed by atoms with E-state index in [-0.39, 0.29) is 24.6 Å². The molecule has 148 valence electrons. The molecule has 0 fully saturated rings. The molecule has 28 heavy (non-hydrogen) atoms. The van der Waals surface area contributed by atoms with Gasteiger partial charge in [0.2, 0.25) is 5.91 Å². The molecule has 0 aromatic heterocycles. The van der Waals surface area contributed by atoms with Crippen LogP contribution in [0.4, 0.5) is 8.78 Å². The van der Waals surface area contributed by atoms with Crippen molar-refractivity contribution in [2.24, 2.45) is 0 Å². The zero-order valence-corrected chi connectivity index (χ0v) is 15.4. The summed E-state index contributed by atoms with van der Waals surface area (Å²) in [7, 11) is 0. The first kappa shape index (κ1) is 21.0. The molecule has 0 aliphatic heterocycles. The van der Waals surface area contributed by atoms with Gasteiger partial charge in [-0.15, -0.1) is 0 Å². The number of carboxylic acid groups (broad SMARTS) is 1. The van der Waals surface area contributed by atoms with Crippen LogP contribution in [0.3, 0.4) is 0 Å². The summed E-state index contributed by atoms with van der Waals surface area (Å²) in [6.07, 6.45) is 0. The summed E-state index contributed by atoms with van der Waals surface area (Å²) >= 11 is 0. The number of carbonyl (C=O) groups is 3. The Bertz CT molecular complexity index is 884. The van der Waals surface area contributed by atoms with E-state index >= 15 is 0 Å². The van der Waals surface area contributed by atoms with Gasteiger partial charge in [0.1, 0.15) is 17.7 Å². The number of rotatable bonds is 7. The molecule has 0 saturated heterocycles. The van der Waals surface area contributed by atoms with Crippen LogP contribution < -0.4 is 5.32 Å². The third-order valence-electron chi connectivity index (χ3n) is 4.19. The number of aliphatic carboxylic acids is 1. The average Bonchev–Trinajstić information content (AvgIpc) is 2.64. The SMILES string of the molecule is CC(=O)NCCN(C(=O)c1ccc(-c2ccc(F)cc2)cc1F)C(C)C(=O)O. The molecule has 2 amide bonds. The number of amides is 2. The fraction of sp³-hybridized carbons (Fsp3) is 0.250. The standard InChI is InChI=1S/C20H20F2N2O4/c1-12(20(27)28)24(10-9-23-13(2)25)19(26)17-8-5-15(11-18(17)22)14-3-6-16(21)7-4-14/h3-8,11-12H,9-10H2,1-2H3,(H,23,25)(H,27,28). The van der Waals surface area contributed by atoms with Crippen LogP contribution in [0, 0.1) is 11.6 Å². The third kappa shape index (κ3) is 5.12. The van der Waals surface area contributed by atoms with E-state index in [0.29, 0.717) is 11.1 Å². The van der Waals surface area contributed by atoms with Crippen LogP contribution in [-0.4, -0.2) is 46.9 Å². The zero-order valence-electron chi connectivity index (χ0n) is 15.4. The smallest absolute Gasteiger partial charge is 0.326 e. The van der Waals surface area contributed by atoms with E-state index in [9.17, 15) is 28.3 Å². The lowest BCUT2D eigenvalue weighted by molar-refractivity contribution is -0.141. The summed E-state index contributed by atoms with van der Waals surface area (Å²) in [4.78, 5) is 36.0. The van der Waals surface area contributed by atoms with Crippen LogP contribution in [0.1, 0.15) is 24.2 Å². The second-order valence-corrected chi connectivity index (χ2v) is 6.20. The van der Waals surface area contributed by atoms with Gasteiger partial charge in [0.05, 0.1) is 5.56 Å². The summed E-state index contributed by atoms with van der Waals surface area (Å²) in [6, 6.07) is 8.14. The summed E-state index contributed by atoms with van der Waals surface area (Å²) in [5, 5.41) is 11.7. The van der Waals surface area contributed by atoms with Crippen LogP contribution >= 0.6 is 0 Å². The maximum absolute atomic E-state index is 14.6. The molecule has 1 atom stereocenters. The van der Waals surface area contributed by atoms with E-state index in [1.54, 1.807) is 0 Å². The minimum Gasteiger partial charge on any atom is -0.480 e. The topological polar surface area (TPSA) is 86.7 Å². The van der Waals surface area contributed by atoms with E-state index in [1.165, 1.54) is 50.2 Å². The van der Waals surface area contributed by atoms with Crippen molar-refractivity contribution in [2.45, 2.75) is 19.9 Å². The van der Waals surface area contributed by atoms with Crippen LogP contribution in [0.15, 0.2) is 42.5 Å². The van der Waals surface area contributed by atoms with Crippen LogP contribution in [-0.2, 0) is 9.59 Å². The molecule has 0 radical (unpaired) electrons. The van der Waals surface area contributed by atoms with Crippen molar-refractivity contribution in [1.29, 1.82) is 0 Å². The monoisotopic (exact) mass is 390 g/mol. The molecule has 1 unspecified atom stereocenters. The predicted octanol–water partition coefficient (Wildman–Crippen LogP) is 2.68. The Morgan fingerprint density at radius 2 is 1.68 bits per heavy atom. The maximum atomic E-state index is 14.6. The maximum Gasteiger partial charge on any atom is 0.326 e. The van der Waals surface area contributed by atoms with Crippen LogP contribution in [0.25, 0.3) is 11.1 Å². The van der Waals surface area contributed by atoms with Crippen molar-refractivity contribution in [2.75, 3.05) is 13.1 Å². The number of nitrogens with zero attached hydrogens (tertiary/aromatic N) is 1. The summed E-state index contributed by atoms with van der Waals surface area (Å²) in [5.74, 6) is -3.63. The normalized spacial score (nSPS) is 11.6. The Labute approximate surface area is 160 Å². The zero-order chi connectivity index (χ0) is 20.8. The first-order valence-corrected chi connectivity index (χ1v) is 8.54. The van der Waals surface area contributed by atoms with Gasteiger partial charge in [0.15, 0.2) is 0 Å². The minimum absolute atomic E-state index is 0.0357. The molecule has 0 heterocycles. The van der Waals surface area contributed by atoms with E-state index in [4.69, 9.17) is 0 Å². The fourth-order valence-electron chi connectivity index (χ4n) is 2.62. The number of nitrogens with one attached hydrogen (secondary N) is 1. The van der Waals surface area contributed by atoms with Crippen molar-refractivity contribution in [3.63, 3.8) is 0 Å². The molecule has 8 heteroatoms. The van der Waals surface area contributed by atoms with Crippen molar-refractivity contribution < 1.29 is 28.3 Å². The van der Waals surface area contributed by atoms with Crippen LogP contribution in [0.2, 0.25) is 0 Å². The molecule has 0 spiro atoms. The van der Waals surface area contributed by atoms with Gasteiger partial charge in [-0.25, -0.2) is 13.6 Å². The second-order valence-electron chi connectivity index (χ2n) is 6.20. The average molecular weight is 390 g/mol. The number of carboxylic acids is 1. The van der Waals surface area contributed by atoms with Crippen molar-refractivity contribution in [1.82, 2.24) is 10.2 Å². The molecular formula is C20H20F2N2O4. The van der Waals surface area contributed by atoms with Gasteiger partial charge >= 0.3 is 5.97 Å². The predicted molar refractivity (Wildman–Crippen MR) is 98.6 cm³/mol. The Balaban J connectivity index is 2.28. The molecular weight excluding hydrogens is 370 g/mol. The molecule has 0 saturated carbocycles. The van der Waals surface area contributed by atoms with E-state index in [1.807, 2.05) is 0 Å². The van der Waals surface area contributed by atoms with E-state index < -0.39 is 29.6 Å².